The second-order valence-corrected chi connectivity index (χ2v) is 9.10. The maximum Gasteiger partial charge on any atom is 0.260 e. The van der Waals surface area contributed by atoms with E-state index in [2.05, 4.69) is 15.0 Å². The van der Waals surface area contributed by atoms with E-state index >= 15 is 0 Å². The van der Waals surface area contributed by atoms with Crippen molar-refractivity contribution in [3.05, 3.63) is 87.2 Å². The second-order valence-electron chi connectivity index (χ2n) is 8.69. The van der Waals surface area contributed by atoms with E-state index < -0.39 is 0 Å². The third-order valence-corrected chi connectivity index (χ3v) is 6.75. The van der Waals surface area contributed by atoms with Gasteiger partial charge in [-0.3, -0.25) is 14.6 Å². The van der Waals surface area contributed by atoms with Gasteiger partial charge in [-0.15, -0.1) is 0 Å². The van der Waals surface area contributed by atoms with Crippen molar-refractivity contribution in [3.63, 3.8) is 0 Å². The van der Waals surface area contributed by atoms with Crippen LogP contribution in [0.1, 0.15) is 15.9 Å². The van der Waals surface area contributed by atoms with Gasteiger partial charge >= 0.3 is 0 Å². The summed E-state index contributed by atoms with van der Waals surface area (Å²) in [7, 11) is 0. The number of fused-ring (bicyclic) bond motifs is 2. The Morgan fingerprint density at radius 2 is 1.81 bits per heavy atom. The lowest BCUT2D eigenvalue weighted by Gasteiger charge is -2.35. The maximum absolute atomic E-state index is 13.2. The topological polar surface area (TPSA) is 119 Å². The van der Waals surface area contributed by atoms with Gasteiger partial charge in [-0.1, -0.05) is 23.7 Å². The van der Waals surface area contributed by atoms with Crippen molar-refractivity contribution >= 4 is 45.5 Å². The number of carbonyl (C=O) groups is 1. The van der Waals surface area contributed by atoms with Crippen LogP contribution < -0.4 is 10.5 Å². The van der Waals surface area contributed by atoms with Crippen molar-refractivity contribution in [1.29, 1.82) is 5.26 Å². The SMILES string of the molecule is N#Cc1ccc(-c2nc3ccc(C(=O)N4CCN(c5nc6ccccc6c(=O)[nH]5)CC4)cc3o2)cc1Cl. The number of hydrogen-bond donors (Lipinski definition) is 1. The highest BCUT2D eigenvalue weighted by Gasteiger charge is 2.24. The Kier molecular flexibility index (Phi) is 5.58. The molecule has 37 heavy (non-hydrogen) atoms. The van der Waals surface area contributed by atoms with Crippen molar-refractivity contribution < 1.29 is 9.21 Å². The molecular weight excluding hydrogens is 492 g/mol. The fourth-order valence-corrected chi connectivity index (χ4v) is 4.67. The number of nitriles is 1. The van der Waals surface area contributed by atoms with Gasteiger partial charge in [0.2, 0.25) is 11.8 Å². The van der Waals surface area contributed by atoms with Crippen LogP contribution in [0.25, 0.3) is 33.5 Å². The fourth-order valence-electron chi connectivity index (χ4n) is 4.45. The van der Waals surface area contributed by atoms with Gasteiger partial charge in [0.25, 0.3) is 11.5 Å². The molecule has 9 nitrogen and oxygen atoms in total. The number of carbonyl (C=O) groups excluding carboxylic acids is 1. The monoisotopic (exact) mass is 510 g/mol. The minimum Gasteiger partial charge on any atom is -0.436 e. The van der Waals surface area contributed by atoms with Gasteiger partial charge < -0.3 is 14.2 Å². The van der Waals surface area contributed by atoms with Crippen LogP contribution in [0.3, 0.4) is 0 Å². The molecule has 0 spiro atoms. The third kappa shape index (κ3) is 4.17. The summed E-state index contributed by atoms with van der Waals surface area (Å²) in [5.41, 5.74) is 3.08. The van der Waals surface area contributed by atoms with Gasteiger partial charge in [-0.2, -0.15) is 5.26 Å². The third-order valence-electron chi connectivity index (χ3n) is 6.44. The van der Waals surface area contributed by atoms with Gasteiger partial charge in [-0.05, 0) is 48.5 Å². The average molecular weight is 511 g/mol. The first-order valence-electron chi connectivity index (χ1n) is 11.6. The molecule has 5 aromatic rings. The molecule has 0 radical (unpaired) electrons. The van der Waals surface area contributed by atoms with Gasteiger partial charge in [0.1, 0.15) is 11.6 Å². The molecule has 3 heterocycles. The Morgan fingerprint density at radius 1 is 1.00 bits per heavy atom. The lowest BCUT2D eigenvalue weighted by Crippen LogP contribution is -2.49. The van der Waals surface area contributed by atoms with Crippen molar-refractivity contribution in [2.24, 2.45) is 0 Å². The molecule has 2 aromatic heterocycles. The lowest BCUT2D eigenvalue weighted by molar-refractivity contribution is 0.0746. The summed E-state index contributed by atoms with van der Waals surface area (Å²) in [5.74, 6) is 0.756. The number of para-hydroxylation sites is 1. The first-order valence-corrected chi connectivity index (χ1v) is 12.0. The van der Waals surface area contributed by atoms with E-state index in [1.807, 2.05) is 29.2 Å². The number of halogens is 1. The van der Waals surface area contributed by atoms with E-state index in [0.29, 0.717) is 81.7 Å². The minimum absolute atomic E-state index is 0.110. The van der Waals surface area contributed by atoms with Gasteiger partial charge in [0, 0.05) is 37.3 Å². The standard InChI is InChI=1S/C27H19ClN6O3/c28-20-13-16(5-6-18(20)15-29)25-30-22-8-7-17(14-23(22)37-25)26(36)33-9-11-34(12-10-33)27-31-21-4-2-1-3-19(21)24(35)32-27/h1-8,13-14H,9-12H2,(H,31,32,35). The molecule has 1 N–H and O–H groups in total. The number of hydrogen-bond acceptors (Lipinski definition) is 7. The van der Waals surface area contributed by atoms with Crippen LogP contribution in [-0.2, 0) is 0 Å². The van der Waals surface area contributed by atoms with E-state index in [0.717, 1.165) is 0 Å². The molecule has 1 aliphatic heterocycles. The molecule has 1 fully saturated rings. The van der Waals surface area contributed by atoms with Crippen LogP contribution in [0.5, 0.6) is 0 Å². The number of anilines is 1. The Morgan fingerprint density at radius 3 is 2.59 bits per heavy atom. The Labute approximate surface area is 215 Å². The zero-order valence-corrected chi connectivity index (χ0v) is 20.2. The van der Waals surface area contributed by atoms with E-state index in [1.165, 1.54) is 0 Å². The normalized spacial score (nSPS) is 13.7. The molecular formula is C27H19ClN6O3. The predicted molar refractivity (Wildman–Crippen MR) is 140 cm³/mol. The number of nitrogens with zero attached hydrogens (tertiary/aromatic N) is 5. The Bertz CT molecular complexity index is 1780. The molecule has 0 saturated carbocycles. The number of amides is 1. The molecule has 10 heteroatoms. The maximum atomic E-state index is 13.2. The lowest BCUT2D eigenvalue weighted by atomic mass is 10.1. The highest BCUT2D eigenvalue weighted by atomic mass is 35.5. The summed E-state index contributed by atoms with van der Waals surface area (Å²) in [5, 5.41) is 9.95. The molecule has 6 rings (SSSR count). The predicted octanol–water partition coefficient (Wildman–Crippen LogP) is 4.22. The number of oxazole rings is 1. The number of nitrogens with one attached hydrogen (secondary N) is 1. The second kappa shape index (κ2) is 9.08. The first kappa shape index (κ1) is 22.8. The summed E-state index contributed by atoms with van der Waals surface area (Å²) in [4.78, 5) is 41.3. The fraction of sp³-hybridized carbons (Fsp3) is 0.148. The highest BCUT2D eigenvalue weighted by molar-refractivity contribution is 6.32. The molecule has 0 atom stereocenters. The zero-order valence-electron chi connectivity index (χ0n) is 19.4. The molecule has 1 saturated heterocycles. The smallest absolute Gasteiger partial charge is 0.260 e. The average Bonchev–Trinajstić information content (AvgIpc) is 3.36. The van der Waals surface area contributed by atoms with Crippen molar-refractivity contribution in [1.82, 2.24) is 19.9 Å². The molecule has 1 amide bonds. The van der Waals surface area contributed by atoms with E-state index in [-0.39, 0.29) is 11.5 Å². The van der Waals surface area contributed by atoms with Gasteiger partial charge in [0.15, 0.2) is 5.58 Å². The molecule has 1 aliphatic rings. The summed E-state index contributed by atoms with van der Waals surface area (Å²) in [6.45, 7) is 2.06. The number of rotatable bonds is 3. The van der Waals surface area contributed by atoms with Crippen LogP contribution in [0, 0.1) is 11.3 Å². The van der Waals surface area contributed by atoms with Gasteiger partial charge in [-0.25, -0.2) is 9.97 Å². The van der Waals surface area contributed by atoms with Crippen LogP contribution in [0.2, 0.25) is 5.02 Å². The van der Waals surface area contributed by atoms with Crippen molar-refractivity contribution in [2.45, 2.75) is 0 Å². The van der Waals surface area contributed by atoms with Crippen LogP contribution >= 0.6 is 11.6 Å². The van der Waals surface area contributed by atoms with E-state index in [9.17, 15) is 9.59 Å². The minimum atomic E-state index is -0.179. The zero-order chi connectivity index (χ0) is 25.5. The largest absolute Gasteiger partial charge is 0.436 e. The van der Waals surface area contributed by atoms with E-state index in [1.54, 1.807) is 47.4 Å². The first-order chi connectivity index (χ1) is 18.0. The molecule has 182 valence electrons. The summed E-state index contributed by atoms with van der Waals surface area (Å²) in [6, 6.07) is 19.4. The van der Waals surface area contributed by atoms with Crippen LogP contribution in [-0.4, -0.2) is 51.9 Å². The Hall–Kier alpha value is -4.68. The molecule has 3 aromatic carbocycles. The summed E-state index contributed by atoms with van der Waals surface area (Å²) in [6.07, 6.45) is 0. The van der Waals surface area contributed by atoms with Crippen LogP contribution in [0.15, 0.2) is 69.9 Å². The van der Waals surface area contributed by atoms with Crippen LogP contribution in [0.4, 0.5) is 5.95 Å². The number of piperazine rings is 1. The molecule has 0 unspecified atom stereocenters. The van der Waals surface area contributed by atoms with Crippen molar-refractivity contribution in [3.8, 4) is 17.5 Å². The number of aromatic amines is 1. The number of benzene rings is 3. The summed E-state index contributed by atoms with van der Waals surface area (Å²) >= 11 is 6.15. The Balaban J connectivity index is 1.18. The van der Waals surface area contributed by atoms with E-state index in [4.69, 9.17) is 21.3 Å². The summed E-state index contributed by atoms with van der Waals surface area (Å²) < 4.78 is 5.91. The molecule has 0 bridgehead atoms. The quantitative estimate of drug-likeness (QED) is 0.386. The van der Waals surface area contributed by atoms with Gasteiger partial charge in [0.05, 0.1) is 21.5 Å². The highest BCUT2D eigenvalue weighted by Crippen LogP contribution is 2.28. The number of aromatic nitrogens is 3. The van der Waals surface area contributed by atoms with Crippen molar-refractivity contribution in [2.75, 3.05) is 31.1 Å². The molecule has 0 aliphatic carbocycles. The number of H-pyrrole nitrogens is 1.